The van der Waals surface area contributed by atoms with Crippen molar-refractivity contribution in [3.8, 4) is 0 Å². The molecule has 0 aromatic heterocycles. The van der Waals surface area contributed by atoms with Crippen LogP contribution in [0, 0.1) is 0 Å². The van der Waals surface area contributed by atoms with E-state index in [9.17, 15) is 4.79 Å². The number of morpholine rings is 1. The number of carbonyl (C=O) groups is 1. The minimum Gasteiger partial charge on any atom is -0.379 e. The van der Waals surface area contributed by atoms with Gasteiger partial charge in [0.2, 0.25) is 0 Å². The number of benzene rings is 2. The number of nitrogens with zero attached hydrogens (tertiary/aromatic N) is 2. The lowest BCUT2D eigenvalue weighted by molar-refractivity contribution is 0.0342. The first kappa shape index (κ1) is 16.8. The topological polar surface area (TPSA) is 32.8 Å². The highest BCUT2D eigenvalue weighted by molar-refractivity contribution is 9.10. The number of hydrogen-bond donors (Lipinski definition) is 0. The number of anilines is 1. The number of amides is 1. The lowest BCUT2D eigenvalue weighted by Gasteiger charge is -2.26. The summed E-state index contributed by atoms with van der Waals surface area (Å²) < 4.78 is 6.47. The van der Waals surface area contributed by atoms with Crippen LogP contribution >= 0.6 is 15.9 Å². The average molecular weight is 401 g/mol. The molecule has 1 fully saturated rings. The Morgan fingerprint density at radius 2 is 1.92 bits per heavy atom. The van der Waals surface area contributed by atoms with Crippen LogP contribution in [0.15, 0.2) is 46.9 Å². The quantitative estimate of drug-likeness (QED) is 0.790. The Kier molecular flexibility index (Phi) is 4.88. The van der Waals surface area contributed by atoms with E-state index in [4.69, 9.17) is 4.74 Å². The molecule has 2 aromatic rings. The van der Waals surface area contributed by atoms with Gasteiger partial charge < -0.3 is 9.64 Å². The number of fused-ring (bicyclic) bond motifs is 1. The van der Waals surface area contributed by atoms with Gasteiger partial charge in [-0.15, -0.1) is 0 Å². The Labute approximate surface area is 156 Å². The van der Waals surface area contributed by atoms with E-state index in [1.807, 2.05) is 35.2 Å². The molecule has 1 saturated heterocycles. The van der Waals surface area contributed by atoms with Gasteiger partial charge in [-0.05, 0) is 47.9 Å². The SMILES string of the molecule is O=C(c1cccc(CN2CCOCC2)c1)N1CCc2cc(Br)ccc21. The Bertz CT molecular complexity index is 787. The Morgan fingerprint density at radius 3 is 2.76 bits per heavy atom. The third-order valence-electron chi connectivity index (χ3n) is 4.87. The Hall–Kier alpha value is -1.69. The zero-order valence-corrected chi connectivity index (χ0v) is 15.7. The summed E-state index contributed by atoms with van der Waals surface area (Å²) in [7, 11) is 0. The van der Waals surface area contributed by atoms with Gasteiger partial charge in [0.15, 0.2) is 0 Å². The van der Waals surface area contributed by atoms with Crippen LogP contribution in [0.25, 0.3) is 0 Å². The van der Waals surface area contributed by atoms with Crippen molar-refractivity contribution < 1.29 is 9.53 Å². The van der Waals surface area contributed by atoms with Crippen LogP contribution < -0.4 is 4.90 Å². The first-order valence-corrected chi connectivity index (χ1v) is 9.49. The van der Waals surface area contributed by atoms with E-state index in [0.29, 0.717) is 0 Å². The lowest BCUT2D eigenvalue weighted by atomic mass is 10.1. The summed E-state index contributed by atoms with van der Waals surface area (Å²) in [6.07, 6.45) is 0.911. The summed E-state index contributed by atoms with van der Waals surface area (Å²) in [5.74, 6) is 0.0879. The van der Waals surface area contributed by atoms with Gasteiger partial charge in [0, 0.05) is 41.9 Å². The molecule has 0 atom stereocenters. The molecule has 0 bridgehead atoms. The van der Waals surface area contributed by atoms with E-state index in [-0.39, 0.29) is 5.91 Å². The molecule has 2 aliphatic rings. The molecule has 5 heteroatoms. The molecule has 2 heterocycles. The Morgan fingerprint density at radius 1 is 1.08 bits per heavy atom. The summed E-state index contributed by atoms with van der Waals surface area (Å²) in [5.41, 5.74) is 4.21. The fourth-order valence-electron chi connectivity index (χ4n) is 3.56. The van der Waals surface area contributed by atoms with Gasteiger partial charge in [0.05, 0.1) is 13.2 Å². The fraction of sp³-hybridized carbons (Fsp3) is 0.350. The first-order valence-electron chi connectivity index (χ1n) is 8.70. The van der Waals surface area contributed by atoms with Crippen molar-refractivity contribution >= 4 is 27.5 Å². The normalized spacial score (nSPS) is 17.6. The van der Waals surface area contributed by atoms with Crippen molar-refractivity contribution in [1.29, 1.82) is 0 Å². The fourth-order valence-corrected chi connectivity index (χ4v) is 3.97. The lowest BCUT2D eigenvalue weighted by Crippen LogP contribution is -2.35. The van der Waals surface area contributed by atoms with E-state index in [2.05, 4.69) is 33.0 Å². The number of hydrogen-bond acceptors (Lipinski definition) is 3. The summed E-state index contributed by atoms with van der Waals surface area (Å²) >= 11 is 3.51. The van der Waals surface area contributed by atoms with E-state index in [1.165, 1.54) is 11.1 Å². The van der Waals surface area contributed by atoms with E-state index < -0.39 is 0 Å². The standard InChI is InChI=1S/C20H21BrN2O2/c21-18-4-5-19-16(13-18)6-7-23(19)20(24)17-3-1-2-15(12-17)14-22-8-10-25-11-9-22/h1-5,12-13H,6-11,14H2. The van der Waals surface area contributed by atoms with Crippen LogP contribution in [0.5, 0.6) is 0 Å². The molecule has 0 radical (unpaired) electrons. The van der Waals surface area contributed by atoms with Crippen LogP contribution in [0.1, 0.15) is 21.5 Å². The van der Waals surface area contributed by atoms with Crippen molar-refractivity contribution in [1.82, 2.24) is 4.90 Å². The zero-order valence-electron chi connectivity index (χ0n) is 14.1. The summed E-state index contributed by atoms with van der Waals surface area (Å²) in [6.45, 7) is 5.10. The van der Waals surface area contributed by atoms with Crippen molar-refractivity contribution in [2.75, 3.05) is 37.7 Å². The molecule has 130 valence electrons. The van der Waals surface area contributed by atoms with Crippen LogP contribution in [-0.2, 0) is 17.7 Å². The number of ether oxygens (including phenoxy) is 1. The molecule has 0 spiro atoms. The maximum Gasteiger partial charge on any atom is 0.258 e. The number of carbonyl (C=O) groups excluding carboxylic acids is 1. The molecule has 0 N–H and O–H groups in total. The van der Waals surface area contributed by atoms with Gasteiger partial charge in [-0.3, -0.25) is 9.69 Å². The molecule has 2 aromatic carbocycles. The maximum absolute atomic E-state index is 13.0. The number of halogens is 1. The summed E-state index contributed by atoms with van der Waals surface area (Å²) in [5, 5.41) is 0. The van der Waals surface area contributed by atoms with Gasteiger partial charge >= 0.3 is 0 Å². The van der Waals surface area contributed by atoms with Gasteiger partial charge in [-0.2, -0.15) is 0 Å². The van der Waals surface area contributed by atoms with Crippen LogP contribution in [0.4, 0.5) is 5.69 Å². The summed E-state index contributed by atoms with van der Waals surface area (Å²) in [6, 6.07) is 14.2. The molecule has 4 nitrogen and oxygen atoms in total. The highest BCUT2D eigenvalue weighted by Crippen LogP contribution is 2.31. The van der Waals surface area contributed by atoms with Crippen molar-refractivity contribution in [3.05, 3.63) is 63.6 Å². The van der Waals surface area contributed by atoms with E-state index in [0.717, 1.165) is 61.5 Å². The van der Waals surface area contributed by atoms with Gasteiger partial charge in [0.1, 0.15) is 0 Å². The molecule has 1 amide bonds. The van der Waals surface area contributed by atoms with E-state index >= 15 is 0 Å². The molecule has 25 heavy (non-hydrogen) atoms. The zero-order chi connectivity index (χ0) is 17.2. The van der Waals surface area contributed by atoms with Crippen molar-refractivity contribution in [2.24, 2.45) is 0 Å². The highest BCUT2D eigenvalue weighted by Gasteiger charge is 2.25. The van der Waals surface area contributed by atoms with Gasteiger partial charge in [-0.25, -0.2) is 0 Å². The smallest absolute Gasteiger partial charge is 0.258 e. The molecule has 4 rings (SSSR count). The minimum absolute atomic E-state index is 0.0879. The first-order chi connectivity index (χ1) is 12.2. The van der Waals surface area contributed by atoms with Crippen LogP contribution in [0.3, 0.4) is 0 Å². The summed E-state index contributed by atoms with van der Waals surface area (Å²) in [4.78, 5) is 17.3. The Balaban J connectivity index is 1.52. The largest absolute Gasteiger partial charge is 0.379 e. The van der Waals surface area contributed by atoms with Gasteiger partial charge in [0.25, 0.3) is 5.91 Å². The third-order valence-corrected chi connectivity index (χ3v) is 5.36. The molecular formula is C20H21BrN2O2. The third kappa shape index (κ3) is 3.64. The predicted molar refractivity (Wildman–Crippen MR) is 102 cm³/mol. The second-order valence-electron chi connectivity index (χ2n) is 6.57. The molecule has 2 aliphatic heterocycles. The molecule has 0 saturated carbocycles. The average Bonchev–Trinajstić information content (AvgIpc) is 3.05. The second-order valence-corrected chi connectivity index (χ2v) is 7.48. The monoisotopic (exact) mass is 400 g/mol. The maximum atomic E-state index is 13.0. The predicted octanol–water partition coefficient (Wildman–Crippen LogP) is 3.48. The van der Waals surface area contributed by atoms with Crippen LogP contribution in [0.2, 0.25) is 0 Å². The van der Waals surface area contributed by atoms with E-state index in [1.54, 1.807) is 0 Å². The molecule has 0 unspecified atom stereocenters. The van der Waals surface area contributed by atoms with Gasteiger partial charge in [-0.1, -0.05) is 28.1 Å². The van der Waals surface area contributed by atoms with Crippen molar-refractivity contribution in [2.45, 2.75) is 13.0 Å². The molecule has 0 aliphatic carbocycles. The molecular weight excluding hydrogens is 380 g/mol. The number of rotatable bonds is 3. The van der Waals surface area contributed by atoms with Crippen molar-refractivity contribution in [3.63, 3.8) is 0 Å². The highest BCUT2D eigenvalue weighted by atomic mass is 79.9. The minimum atomic E-state index is 0.0879. The second kappa shape index (κ2) is 7.28. The van der Waals surface area contributed by atoms with Crippen LogP contribution in [-0.4, -0.2) is 43.7 Å².